The van der Waals surface area contributed by atoms with Crippen LogP contribution in [-0.2, 0) is 15.5 Å². The number of hydrogen-bond acceptors (Lipinski definition) is 5. The topological polar surface area (TPSA) is 56.8 Å². The van der Waals surface area contributed by atoms with Crippen molar-refractivity contribution in [3.63, 3.8) is 0 Å². The minimum atomic E-state index is -0.910. The number of rotatable bonds is 8. The molecule has 0 fully saturated rings. The van der Waals surface area contributed by atoms with E-state index >= 15 is 0 Å². The van der Waals surface area contributed by atoms with Gasteiger partial charge in [-0.2, -0.15) is 0 Å². The summed E-state index contributed by atoms with van der Waals surface area (Å²) in [6.45, 7) is 3.65. The second-order valence-corrected chi connectivity index (χ2v) is 6.15. The standard InChI is InChI=1S/C14H21NO4S/c1-3-15-12(9-20(16)7-6-17-2)11-4-5-13-14(8-11)19-10-18-13/h4-5,8,12,15H,3,6-7,9-10H2,1-2H3. The molecule has 1 heterocycles. The van der Waals surface area contributed by atoms with Crippen molar-refractivity contribution in [2.24, 2.45) is 0 Å². The molecule has 1 N–H and O–H groups in total. The Balaban J connectivity index is 2.05. The summed E-state index contributed by atoms with van der Waals surface area (Å²) in [5.41, 5.74) is 1.07. The Kier molecular flexibility index (Phi) is 5.82. The van der Waals surface area contributed by atoms with Crippen LogP contribution in [0.4, 0.5) is 0 Å². The van der Waals surface area contributed by atoms with E-state index in [2.05, 4.69) is 5.32 Å². The minimum absolute atomic E-state index is 0.0483. The summed E-state index contributed by atoms with van der Waals surface area (Å²) in [5, 5.41) is 3.37. The summed E-state index contributed by atoms with van der Waals surface area (Å²) in [6, 6.07) is 5.91. The van der Waals surface area contributed by atoms with Gasteiger partial charge < -0.3 is 19.5 Å². The highest BCUT2D eigenvalue weighted by Crippen LogP contribution is 2.34. The number of ether oxygens (including phenoxy) is 3. The van der Waals surface area contributed by atoms with E-state index in [1.807, 2.05) is 25.1 Å². The molecule has 0 saturated heterocycles. The van der Waals surface area contributed by atoms with Crippen molar-refractivity contribution in [3.8, 4) is 11.5 Å². The van der Waals surface area contributed by atoms with Gasteiger partial charge in [-0.1, -0.05) is 13.0 Å². The predicted octanol–water partition coefficient (Wildman–Crippen LogP) is 1.46. The van der Waals surface area contributed by atoms with Crippen LogP contribution < -0.4 is 14.8 Å². The first kappa shape index (κ1) is 15.3. The zero-order valence-corrected chi connectivity index (χ0v) is 12.7. The van der Waals surface area contributed by atoms with Crippen LogP contribution in [0.2, 0.25) is 0 Å². The highest BCUT2D eigenvalue weighted by Gasteiger charge is 2.19. The van der Waals surface area contributed by atoms with Gasteiger partial charge in [-0.15, -0.1) is 0 Å². The molecular weight excluding hydrogens is 278 g/mol. The number of benzene rings is 1. The highest BCUT2D eigenvalue weighted by atomic mass is 32.2. The SMILES string of the molecule is CCNC(CS(=O)CCOC)c1ccc2c(c1)OCO2. The lowest BCUT2D eigenvalue weighted by Crippen LogP contribution is -2.27. The third-order valence-electron chi connectivity index (χ3n) is 3.12. The van der Waals surface area contributed by atoms with Crippen LogP contribution in [0.15, 0.2) is 18.2 Å². The first-order chi connectivity index (χ1) is 9.74. The second-order valence-electron chi connectivity index (χ2n) is 4.53. The van der Waals surface area contributed by atoms with E-state index in [0.717, 1.165) is 23.6 Å². The maximum Gasteiger partial charge on any atom is 0.231 e. The van der Waals surface area contributed by atoms with E-state index in [0.29, 0.717) is 18.1 Å². The second kappa shape index (κ2) is 7.61. The summed E-state index contributed by atoms with van der Waals surface area (Å²) >= 11 is 0. The molecule has 1 aliphatic rings. The molecule has 1 aliphatic heterocycles. The van der Waals surface area contributed by atoms with Gasteiger partial charge in [-0.25, -0.2) is 0 Å². The Hall–Kier alpha value is -1.11. The Bertz CT molecular complexity index is 466. The number of hydrogen-bond donors (Lipinski definition) is 1. The summed E-state index contributed by atoms with van der Waals surface area (Å²) < 4.78 is 27.7. The predicted molar refractivity (Wildman–Crippen MR) is 78.7 cm³/mol. The van der Waals surface area contributed by atoms with Crippen LogP contribution in [-0.4, -0.2) is 42.8 Å². The van der Waals surface area contributed by atoms with Gasteiger partial charge in [0.25, 0.3) is 0 Å². The molecule has 0 saturated carbocycles. The van der Waals surface area contributed by atoms with E-state index in [1.54, 1.807) is 7.11 Å². The molecule has 0 aromatic heterocycles. The fourth-order valence-electron chi connectivity index (χ4n) is 2.09. The lowest BCUT2D eigenvalue weighted by molar-refractivity contribution is 0.174. The number of methoxy groups -OCH3 is 1. The summed E-state index contributed by atoms with van der Waals surface area (Å²) in [6.07, 6.45) is 0. The lowest BCUT2D eigenvalue weighted by atomic mass is 10.1. The van der Waals surface area contributed by atoms with Gasteiger partial charge in [0.05, 0.1) is 6.61 Å². The molecule has 0 amide bonds. The normalized spacial score (nSPS) is 16.1. The van der Waals surface area contributed by atoms with Crippen LogP contribution in [0.25, 0.3) is 0 Å². The van der Waals surface area contributed by atoms with Crippen molar-refractivity contribution in [1.29, 1.82) is 0 Å². The highest BCUT2D eigenvalue weighted by molar-refractivity contribution is 7.85. The van der Waals surface area contributed by atoms with Gasteiger partial charge in [-0.3, -0.25) is 4.21 Å². The maximum absolute atomic E-state index is 12.0. The molecule has 20 heavy (non-hydrogen) atoms. The quantitative estimate of drug-likeness (QED) is 0.787. The van der Waals surface area contributed by atoms with Gasteiger partial charge in [0.1, 0.15) is 0 Å². The van der Waals surface area contributed by atoms with E-state index < -0.39 is 10.8 Å². The van der Waals surface area contributed by atoms with Gasteiger partial charge >= 0.3 is 0 Å². The first-order valence-electron chi connectivity index (χ1n) is 6.71. The van der Waals surface area contributed by atoms with E-state index in [9.17, 15) is 4.21 Å². The zero-order valence-electron chi connectivity index (χ0n) is 11.9. The average Bonchev–Trinajstić information content (AvgIpc) is 2.92. The molecule has 0 aliphatic carbocycles. The van der Waals surface area contributed by atoms with E-state index in [4.69, 9.17) is 14.2 Å². The van der Waals surface area contributed by atoms with Gasteiger partial charge in [0, 0.05) is 35.5 Å². The van der Waals surface area contributed by atoms with Crippen LogP contribution in [0.1, 0.15) is 18.5 Å². The van der Waals surface area contributed by atoms with Gasteiger partial charge in [0.2, 0.25) is 6.79 Å². The van der Waals surface area contributed by atoms with Crippen molar-refractivity contribution in [3.05, 3.63) is 23.8 Å². The van der Waals surface area contributed by atoms with Gasteiger partial charge in [0.15, 0.2) is 11.5 Å². The Morgan fingerprint density at radius 1 is 1.40 bits per heavy atom. The molecule has 0 radical (unpaired) electrons. The molecule has 6 heteroatoms. The molecule has 2 unspecified atom stereocenters. The monoisotopic (exact) mass is 299 g/mol. The van der Waals surface area contributed by atoms with Gasteiger partial charge in [-0.05, 0) is 24.2 Å². The summed E-state index contributed by atoms with van der Waals surface area (Å²) in [4.78, 5) is 0. The molecule has 112 valence electrons. The Labute approximate surface area is 122 Å². The fourth-order valence-corrected chi connectivity index (χ4v) is 3.30. The third-order valence-corrected chi connectivity index (χ3v) is 4.44. The number of fused-ring (bicyclic) bond motifs is 1. The van der Waals surface area contributed by atoms with Crippen LogP contribution in [0.3, 0.4) is 0 Å². The van der Waals surface area contributed by atoms with Crippen LogP contribution in [0, 0.1) is 0 Å². The number of nitrogens with one attached hydrogen (secondary N) is 1. The van der Waals surface area contributed by atoms with E-state index in [1.165, 1.54) is 0 Å². The molecule has 0 spiro atoms. The molecule has 1 aromatic carbocycles. The molecule has 0 bridgehead atoms. The van der Waals surface area contributed by atoms with Crippen LogP contribution in [0.5, 0.6) is 11.5 Å². The smallest absolute Gasteiger partial charge is 0.231 e. The lowest BCUT2D eigenvalue weighted by Gasteiger charge is -2.18. The van der Waals surface area contributed by atoms with E-state index in [-0.39, 0.29) is 12.8 Å². The fraction of sp³-hybridized carbons (Fsp3) is 0.571. The molecular formula is C14H21NO4S. The molecule has 2 rings (SSSR count). The van der Waals surface area contributed by atoms with Crippen molar-refractivity contribution < 1.29 is 18.4 Å². The zero-order chi connectivity index (χ0) is 14.4. The first-order valence-corrected chi connectivity index (χ1v) is 8.20. The maximum atomic E-state index is 12.0. The average molecular weight is 299 g/mol. The summed E-state index contributed by atoms with van der Waals surface area (Å²) in [5.74, 6) is 2.65. The largest absolute Gasteiger partial charge is 0.454 e. The molecule has 5 nitrogen and oxygen atoms in total. The molecule has 1 aromatic rings. The van der Waals surface area contributed by atoms with Crippen LogP contribution >= 0.6 is 0 Å². The summed E-state index contributed by atoms with van der Waals surface area (Å²) in [7, 11) is 0.712. The minimum Gasteiger partial charge on any atom is -0.454 e. The third kappa shape index (κ3) is 3.94. The Morgan fingerprint density at radius 2 is 2.20 bits per heavy atom. The van der Waals surface area contributed by atoms with Crippen molar-refractivity contribution >= 4 is 10.8 Å². The van der Waals surface area contributed by atoms with Crippen molar-refractivity contribution in [1.82, 2.24) is 5.32 Å². The van der Waals surface area contributed by atoms with Crippen molar-refractivity contribution in [2.45, 2.75) is 13.0 Å². The molecule has 2 atom stereocenters. The van der Waals surface area contributed by atoms with Crippen molar-refractivity contribution in [2.75, 3.05) is 38.6 Å². The Morgan fingerprint density at radius 3 is 2.95 bits per heavy atom.